The number of fused-ring (bicyclic) bond motifs is 2. The van der Waals surface area contributed by atoms with E-state index in [1.165, 1.54) is 13.2 Å². The molecular weight excluding hydrogens is 597 g/mol. The Bertz CT molecular complexity index is 1710. The molecule has 2 fully saturated rings. The highest BCUT2D eigenvalue weighted by molar-refractivity contribution is 6.36. The second kappa shape index (κ2) is 12.9. The smallest absolute Gasteiger partial charge is 0.345 e. The predicted molar refractivity (Wildman–Crippen MR) is 162 cm³/mol. The molecule has 0 aliphatic carbocycles. The highest BCUT2D eigenvalue weighted by Gasteiger charge is 2.27. The van der Waals surface area contributed by atoms with Crippen molar-refractivity contribution in [2.75, 3.05) is 57.8 Å². The number of pyridine rings is 1. The molecule has 9 nitrogen and oxygen atoms in total. The molecule has 13 heteroatoms. The van der Waals surface area contributed by atoms with Crippen LogP contribution in [0.3, 0.4) is 0 Å². The SMILES string of the molecule is COc1nc(N2CCN(C(=O)/C=C/CN3CCC(OC(F)F)C3)CC2)c2cnc(-c3cccc4cccc(Cl)c34)c(F)c2n1. The summed E-state index contributed by atoms with van der Waals surface area (Å²) in [4.78, 5) is 31.8. The van der Waals surface area contributed by atoms with Crippen molar-refractivity contribution in [2.45, 2.75) is 19.1 Å². The summed E-state index contributed by atoms with van der Waals surface area (Å²) in [5.74, 6) is -0.278. The number of carbonyl (C=O) groups is 1. The number of hydrogen-bond donors (Lipinski definition) is 0. The molecule has 6 rings (SSSR count). The number of rotatable bonds is 8. The number of benzene rings is 2. The van der Waals surface area contributed by atoms with Crippen LogP contribution in [0.4, 0.5) is 19.0 Å². The Labute approximate surface area is 256 Å². The standard InChI is InChI=1S/C31H30ClF3N6O3/c1-43-31-37-28-22(17-36-27(26(28)33)21-7-2-5-19-6-3-8-23(32)25(19)21)29(38-31)41-15-13-40(14-16-41)24(42)9-4-11-39-12-10-20(18-39)44-30(34)35/h2-9,17,20,30H,10-16,18H2,1H3/b9-4+. The molecule has 1 atom stereocenters. The van der Waals surface area contributed by atoms with E-state index >= 15 is 4.39 Å². The number of halogens is 4. The van der Waals surface area contributed by atoms with E-state index in [-0.39, 0.29) is 23.1 Å². The first-order valence-electron chi connectivity index (χ1n) is 14.3. The Morgan fingerprint density at radius 1 is 1.11 bits per heavy atom. The lowest BCUT2D eigenvalue weighted by atomic mass is 10.0. The maximum absolute atomic E-state index is 16.2. The quantitative estimate of drug-likeness (QED) is 0.248. The van der Waals surface area contributed by atoms with Crippen molar-refractivity contribution in [3.8, 4) is 17.3 Å². The zero-order chi connectivity index (χ0) is 30.8. The van der Waals surface area contributed by atoms with E-state index < -0.39 is 18.5 Å². The van der Waals surface area contributed by atoms with Gasteiger partial charge in [0.2, 0.25) is 5.91 Å². The van der Waals surface area contributed by atoms with Crippen molar-refractivity contribution in [3.63, 3.8) is 0 Å². The minimum atomic E-state index is -2.78. The van der Waals surface area contributed by atoms with E-state index in [0.29, 0.717) is 79.4 Å². The Morgan fingerprint density at radius 2 is 1.89 bits per heavy atom. The van der Waals surface area contributed by atoms with Gasteiger partial charge < -0.3 is 19.3 Å². The summed E-state index contributed by atoms with van der Waals surface area (Å²) < 4.78 is 51.0. The summed E-state index contributed by atoms with van der Waals surface area (Å²) in [5.41, 5.74) is 0.749. The molecule has 0 spiro atoms. The van der Waals surface area contributed by atoms with Crippen LogP contribution in [0.25, 0.3) is 32.9 Å². The topological polar surface area (TPSA) is 83.9 Å². The molecule has 0 radical (unpaired) electrons. The van der Waals surface area contributed by atoms with Gasteiger partial charge in [0.25, 0.3) is 0 Å². The lowest BCUT2D eigenvalue weighted by Gasteiger charge is -2.35. The maximum atomic E-state index is 16.2. The summed E-state index contributed by atoms with van der Waals surface area (Å²) in [5, 5.41) is 2.48. The van der Waals surface area contributed by atoms with Gasteiger partial charge in [-0.15, -0.1) is 0 Å². The minimum absolute atomic E-state index is 0.0176. The number of aromatic nitrogens is 3. The van der Waals surface area contributed by atoms with Crippen LogP contribution in [0.1, 0.15) is 6.42 Å². The van der Waals surface area contributed by atoms with Gasteiger partial charge >= 0.3 is 12.6 Å². The predicted octanol–water partition coefficient (Wildman–Crippen LogP) is 5.16. The molecule has 2 aromatic carbocycles. The van der Waals surface area contributed by atoms with E-state index in [4.69, 9.17) is 16.3 Å². The van der Waals surface area contributed by atoms with E-state index in [9.17, 15) is 13.6 Å². The van der Waals surface area contributed by atoms with Crippen LogP contribution in [-0.4, -0.2) is 96.3 Å². The van der Waals surface area contributed by atoms with Gasteiger partial charge in [-0.05, 0) is 17.9 Å². The number of likely N-dealkylation sites (tertiary alicyclic amines) is 1. The Hall–Kier alpha value is -4.00. The molecule has 44 heavy (non-hydrogen) atoms. The highest BCUT2D eigenvalue weighted by atomic mass is 35.5. The van der Waals surface area contributed by atoms with E-state index in [1.807, 2.05) is 34.1 Å². The summed E-state index contributed by atoms with van der Waals surface area (Å²) in [6, 6.07) is 11.0. The van der Waals surface area contributed by atoms with Crippen LogP contribution in [0.15, 0.2) is 54.7 Å². The van der Waals surface area contributed by atoms with Crippen molar-refractivity contribution in [1.82, 2.24) is 24.8 Å². The number of methoxy groups -OCH3 is 1. The minimum Gasteiger partial charge on any atom is -0.467 e. The zero-order valence-electron chi connectivity index (χ0n) is 23.9. The van der Waals surface area contributed by atoms with Crippen molar-refractivity contribution in [1.29, 1.82) is 0 Å². The Kier molecular flexibility index (Phi) is 8.83. The molecule has 0 N–H and O–H groups in total. The number of hydrogen-bond acceptors (Lipinski definition) is 8. The van der Waals surface area contributed by atoms with Crippen molar-refractivity contribution < 1.29 is 27.4 Å². The maximum Gasteiger partial charge on any atom is 0.345 e. The lowest BCUT2D eigenvalue weighted by Crippen LogP contribution is -2.48. The van der Waals surface area contributed by atoms with Crippen LogP contribution in [0, 0.1) is 5.82 Å². The fourth-order valence-corrected chi connectivity index (χ4v) is 6.08. The third-order valence-electron chi connectivity index (χ3n) is 7.97. The first kappa shape index (κ1) is 30.0. The van der Waals surface area contributed by atoms with Gasteiger partial charge in [-0.25, -0.2) is 4.39 Å². The Balaban J connectivity index is 1.18. The summed E-state index contributed by atoms with van der Waals surface area (Å²) in [6.07, 6.45) is 4.87. The van der Waals surface area contributed by atoms with Crippen molar-refractivity contribution >= 4 is 45.0 Å². The molecule has 1 amide bonds. The average molecular weight is 627 g/mol. The van der Waals surface area contributed by atoms with Crippen LogP contribution < -0.4 is 9.64 Å². The van der Waals surface area contributed by atoms with Gasteiger partial charge in [-0.1, -0.05) is 48.0 Å². The molecule has 4 aromatic rings. The van der Waals surface area contributed by atoms with E-state index in [0.717, 1.165) is 5.39 Å². The fourth-order valence-electron chi connectivity index (χ4n) is 5.80. The molecule has 0 bridgehead atoms. The third-order valence-corrected chi connectivity index (χ3v) is 8.29. The molecule has 2 saturated heterocycles. The number of carbonyl (C=O) groups excluding carboxylic acids is 1. The second-order valence-electron chi connectivity index (χ2n) is 10.6. The molecule has 4 heterocycles. The van der Waals surface area contributed by atoms with Crippen LogP contribution in [0.5, 0.6) is 6.01 Å². The largest absolute Gasteiger partial charge is 0.467 e. The van der Waals surface area contributed by atoms with Gasteiger partial charge in [-0.3, -0.25) is 14.7 Å². The van der Waals surface area contributed by atoms with Crippen molar-refractivity contribution in [3.05, 3.63) is 65.6 Å². The molecular formula is C31H30ClF3N6O3. The van der Waals surface area contributed by atoms with Crippen molar-refractivity contribution in [2.24, 2.45) is 0 Å². The van der Waals surface area contributed by atoms with Gasteiger partial charge in [-0.2, -0.15) is 18.7 Å². The fraction of sp³-hybridized carbons (Fsp3) is 0.355. The van der Waals surface area contributed by atoms with E-state index in [1.54, 1.807) is 29.3 Å². The summed E-state index contributed by atoms with van der Waals surface area (Å²) >= 11 is 6.50. The number of amides is 1. The molecule has 230 valence electrons. The van der Waals surface area contributed by atoms with Gasteiger partial charge in [0.1, 0.15) is 17.0 Å². The second-order valence-corrected chi connectivity index (χ2v) is 11.0. The Morgan fingerprint density at radius 3 is 2.64 bits per heavy atom. The number of anilines is 1. The molecule has 2 aliphatic rings. The number of ether oxygens (including phenoxy) is 2. The number of alkyl halides is 2. The van der Waals surface area contributed by atoms with Crippen LogP contribution >= 0.6 is 11.6 Å². The lowest BCUT2D eigenvalue weighted by molar-refractivity contribution is -0.158. The van der Waals surface area contributed by atoms with E-state index in [2.05, 4.69) is 19.7 Å². The van der Waals surface area contributed by atoms with Gasteiger partial charge in [0, 0.05) is 74.1 Å². The van der Waals surface area contributed by atoms with Crippen LogP contribution in [-0.2, 0) is 9.53 Å². The molecule has 2 aliphatic heterocycles. The molecule has 2 aromatic heterocycles. The first-order chi connectivity index (χ1) is 21.3. The highest BCUT2D eigenvalue weighted by Crippen LogP contribution is 2.37. The number of piperazine rings is 1. The summed E-state index contributed by atoms with van der Waals surface area (Å²) in [6.45, 7) is 0.502. The monoisotopic (exact) mass is 626 g/mol. The van der Waals surface area contributed by atoms with Crippen LogP contribution in [0.2, 0.25) is 5.02 Å². The normalized spacial score (nSPS) is 17.9. The first-order valence-corrected chi connectivity index (χ1v) is 14.6. The zero-order valence-corrected chi connectivity index (χ0v) is 24.7. The summed E-state index contributed by atoms with van der Waals surface area (Å²) in [7, 11) is 1.42. The van der Waals surface area contributed by atoms with Gasteiger partial charge in [0.15, 0.2) is 5.82 Å². The average Bonchev–Trinajstić information content (AvgIpc) is 3.47. The van der Waals surface area contributed by atoms with Gasteiger partial charge in [0.05, 0.1) is 18.6 Å². The molecule has 0 saturated carbocycles. The number of nitrogens with zero attached hydrogens (tertiary/aromatic N) is 6. The molecule has 1 unspecified atom stereocenters. The third kappa shape index (κ3) is 6.15.